The van der Waals surface area contributed by atoms with Gasteiger partial charge in [-0.3, -0.25) is 0 Å². The van der Waals surface area contributed by atoms with E-state index in [1.54, 1.807) is 7.11 Å². The topological polar surface area (TPSA) is 56.8 Å². The van der Waals surface area contributed by atoms with Gasteiger partial charge in [0.05, 0.1) is 13.7 Å². The third-order valence-electron chi connectivity index (χ3n) is 6.46. The Bertz CT molecular complexity index is 1080. The van der Waals surface area contributed by atoms with Crippen molar-refractivity contribution in [3.63, 3.8) is 0 Å². The fraction of sp³-hybridized carbons (Fsp3) is 0.296. The average Bonchev–Trinajstić information content (AvgIpc) is 3.27. The summed E-state index contributed by atoms with van der Waals surface area (Å²) in [7, 11) is 1.72. The van der Waals surface area contributed by atoms with E-state index in [2.05, 4.69) is 66.0 Å². The monoisotopic (exact) mass is 429 g/mol. The van der Waals surface area contributed by atoms with Gasteiger partial charge >= 0.3 is 6.09 Å². The molecule has 0 spiro atoms. The third-order valence-corrected chi connectivity index (χ3v) is 6.46. The minimum absolute atomic E-state index is 0.246. The zero-order valence-corrected chi connectivity index (χ0v) is 18.1. The minimum atomic E-state index is -0.381. The summed E-state index contributed by atoms with van der Waals surface area (Å²) in [5, 5.41) is 2.65. The first-order valence-corrected chi connectivity index (χ1v) is 11.1. The Morgan fingerprint density at radius 1 is 0.969 bits per heavy atom. The van der Waals surface area contributed by atoms with Crippen molar-refractivity contribution in [2.24, 2.45) is 0 Å². The number of alkyl carbamates (subject to hydrolysis) is 1. The van der Waals surface area contributed by atoms with Crippen molar-refractivity contribution in [3.05, 3.63) is 95.1 Å². The Morgan fingerprint density at radius 2 is 1.75 bits per heavy atom. The van der Waals surface area contributed by atoms with Gasteiger partial charge in [-0.1, -0.05) is 48.5 Å². The molecule has 1 aliphatic carbocycles. The van der Waals surface area contributed by atoms with E-state index in [1.165, 1.54) is 22.3 Å². The lowest BCUT2D eigenvalue weighted by Gasteiger charge is -2.35. The maximum absolute atomic E-state index is 11.2. The molecule has 1 fully saturated rings. The smallest absolute Gasteiger partial charge is 0.407 e. The SMILES string of the molecule is COc1ccc2c(c1)CC[C@H](c1ccccc1)[C@@H]2c1ccc(OCC2CNC(=O)O2)cc1. The normalized spacial score (nSPS) is 21.9. The molecule has 3 aromatic rings. The Balaban J connectivity index is 1.42. The molecule has 1 aliphatic heterocycles. The van der Waals surface area contributed by atoms with Crippen LogP contribution in [0.25, 0.3) is 0 Å². The first-order chi connectivity index (χ1) is 15.7. The maximum atomic E-state index is 11.2. The molecule has 3 atom stereocenters. The van der Waals surface area contributed by atoms with Crippen LogP contribution in [-0.4, -0.2) is 32.5 Å². The number of carbonyl (C=O) groups is 1. The van der Waals surface area contributed by atoms with Gasteiger partial charge in [-0.2, -0.15) is 0 Å². The number of hydrogen-bond donors (Lipinski definition) is 1. The minimum Gasteiger partial charge on any atom is -0.497 e. The van der Waals surface area contributed by atoms with Crippen molar-refractivity contribution in [2.75, 3.05) is 20.3 Å². The van der Waals surface area contributed by atoms with Gasteiger partial charge < -0.3 is 19.5 Å². The molecule has 1 unspecified atom stereocenters. The van der Waals surface area contributed by atoms with E-state index in [4.69, 9.17) is 14.2 Å². The van der Waals surface area contributed by atoms with E-state index in [0.717, 1.165) is 24.3 Å². The summed E-state index contributed by atoms with van der Waals surface area (Å²) in [6, 6.07) is 25.6. The molecule has 1 N–H and O–H groups in total. The number of methoxy groups -OCH3 is 1. The fourth-order valence-corrected chi connectivity index (χ4v) is 4.88. The van der Waals surface area contributed by atoms with Crippen LogP contribution in [-0.2, 0) is 11.2 Å². The van der Waals surface area contributed by atoms with Crippen LogP contribution in [0, 0.1) is 0 Å². The lowest BCUT2D eigenvalue weighted by molar-refractivity contribution is 0.105. The zero-order valence-electron chi connectivity index (χ0n) is 18.1. The average molecular weight is 430 g/mol. The van der Waals surface area contributed by atoms with Gasteiger partial charge in [0.2, 0.25) is 0 Å². The van der Waals surface area contributed by atoms with Gasteiger partial charge in [-0.15, -0.1) is 0 Å². The number of amides is 1. The number of fused-ring (bicyclic) bond motifs is 1. The molecule has 5 heteroatoms. The molecule has 32 heavy (non-hydrogen) atoms. The predicted molar refractivity (Wildman–Crippen MR) is 123 cm³/mol. The number of carbonyl (C=O) groups excluding carboxylic acids is 1. The van der Waals surface area contributed by atoms with Crippen molar-refractivity contribution in [1.29, 1.82) is 0 Å². The van der Waals surface area contributed by atoms with Crippen LogP contribution in [0.1, 0.15) is 40.5 Å². The second kappa shape index (κ2) is 8.95. The highest BCUT2D eigenvalue weighted by Crippen LogP contribution is 2.47. The molecule has 2 aliphatic rings. The van der Waals surface area contributed by atoms with Crippen molar-refractivity contribution in [1.82, 2.24) is 5.32 Å². The molecule has 0 aromatic heterocycles. The van der Waals surface area contributed by atoms with E-state index < -0.39 is 0 Å². The number of ether oxygens (including phenoxy) is 3. The first kappa shape index (κ1) is 20.4. The van der Waals surface area contributed by atoms with Crippen molar-refractivity contribution < 1.29 is 19.0 Å². The van der Waals surface area contributed by atoms with Crippen LogP contribution in [0.2, 0.25) is 0 Å². The third kappa shape index (κ3) is 4.15. The summed E-state index contributed by atoms with van der Waals surface area (Å²) < 4.78 is 16.5. The van der Waals surface area contributed by atoms with Crippen molar-refractivity contribution in [2.45, 2.75) is 30.8 Å². The van der Waals surface area contributed by atoms with E-state index in [0.29, 0.717) is 19.1 Å². The number of benzene rings is 3. The predicted octanol–water partition coefficient (Wildman–Crippen LogP) is 5.04. The standard InChI is InChI=1S/C27H27NO4/c1-30-22-12-14-25-20(15-22)9-13-24(18-5-3-2-4-6-18)26(25)19-7-10-21(11-8-19)31-17-23-16-28-27(29)32-23/h2-8,10-12,14-15,23-24,26H,9,13,16-17H2,1H3,(H,28,29)/t23?,24-,26+/m1/s1. The Morgan fingerprint density at radius 3 is 2.47 bits per heavy atom. The number of aryl methyl sites for hydroxylation is 1. The molecule has 3 aromatic carbocycles. The molecule has 1 heterocycles. The highest BCUT2D eigenvalue weighted by Gasteiger charge is 2.32. The van der Waals surface area contributed by atoms with Crippen LogP contribution in [0.4, 0.5) is 4.79 Å². The summed E-state index contributed by atoms with van der Waals surface area (Å²) in [6.45, 7) is 0.828. The molecular formula is C27H27NO4. The molecule has 0 radical (unpaired) electrons. The second-order valence-corrected chi connectivity index (χ2v) is 8.39. The molecule has 5 nitrogen and oxygen atoms in total. The van der Waals surface area contributed by atoms with Gasteiger partial charge in [-0.25, -0.2) is 4.79 Å². The quantitative estimate of drug-likeness (QED) is 0.596. The molecular weight excluding hydrogens is 402 g/mol. The lowest BCUT2D eigenvalue weighted by atomic mass is 9.69. The second-order valence-electron chi connectivity index (χ2n) is 8.39. The summed E-state index contributed by atoms with van der Waals surface area (Å²) in [5.41, 5.74) is 5.36. The van der Waals surface area contributed by atoms with Gasteiger partial charge in [0, 0.05) is 5.92 Å². The highest BCUT2D eigenvalue weighted by atomic mass is 16.6. The van der Waals surface area contributed by atoms with Crippen LogP contribution in [0.3, 0.4) is 0 Å². The number of cyclic esters (lactones) is 1. The summed E-state index contributed by atoms with van der Waals surface area (Å²) in [5.74, 6) is 2.36. The van der Waals surface area contributed by atoms with Crippen LogP contribution < -0.4 is 14.8 Å². The van der Waals surface area contributed by atoms with Gasteiger partial charge in [0.25, 0.3) is 0 Å². The molecule has 0 saturated carbocycles. The van der Waals surface area contributed by atoms with Crippen LogP contribution >= 0.6 is 0 Å². The molecule has 1 amide bonds. The number of rotatable bonds is 6. The summed E-state index contributed by atoms with van der Waals surface area (Å²) >= 11 is 0. The zero-order chi connectivity index (χ0) is 21.9. The first-order valence-electron chi connectivity index (χ1n) is 11.1. The van der Waals surface area contributed by atoms with Gasteiger partial charge in [0.15, 0.2) is 6.10 Å². The Kier molecular flexibility index (Phi) is 5.71. The van der Waals surface area contributed by atoms with Crippen molar-refractivity contribution in [3.8, 4) is 11.5 Å². The van der Waals surface area contributed by atoms with Gasteiger partial charge in [-0.05, 0) is 65.3 Å². The fourth-order valence-electron chi connectivity index (χ4n) is 4.88. The molecule has 164 valence electrons. The molecule has 5 rings (SSSR count). The Labute approximate surface area is 188 Å². The van der Waals surface area contributed by atoms with E-state index in [1.807, 2.05) is 12.1 Å². The molecule has 0 bridgehead atoms. The number of nitrogens with one attached hydrogen (secondary N) is 1. The van der Waals surface area contributed by atoms with Gasteiger partial charge in [0.1, 0.15) is 18.1 Å². The lowest BCUT2D eigenvalue weighted by Crippen LogP contribution is -2.22. The van der Waals surface area contributed by atoms with Crippen LogP contribution in [0.15, 0.2) is 72.8 Å². The highest BCUT2D eigenvalue weighted by molar-refractivity contribution is 5.69. The van der Waals surface area contributed by atoms with Crippen LogP contribution in [0.5, 0.6) is 11.5 Å². The van der Waals surface area contributed by atoms with Crippen molar-refractivity contribution >= 4 is 6.09 Å². The Hall–Kier alpha value is -3.47. The van der Waals surface area contributed by atoms with E-state index in [9.17, 15) is 4.79 Å². The van der Waals surface area contributed by atoms with E-state index >= 15 is 0 Å². The maximum Gasteiger partial charge on any atom is 0.407 e. The summed E-state index contributed by atoms with van der Waals surface area (Å²) in [6.07, 6.45) is 1.50. The summed E-state index contributed by atoms with van der Waals surface area (Å²) in [4.78, 5) is 11.2. The van der Waals surface area contributed by atoms with E-state index in [-0.39, 0.29) is 18.1 Å². The largest absolute Gasteiger partial charge is 0.497 e. The molecule has 1 saturated heterocycles. The number of hydrogen-bond acceptors (Lipinski definition) is 4.